The summed E-state index contributed by atoms with van der Waals surface area (Å²) < 4.78 is 5.34. The number of hydrogen-bond donors (Lipinski definition) is 1. The van der Waals surface area contributed by atoms with Gasteiger partial charge in [0.25, 0.3) is 0 Å². The predicted molar refractivity (Wildman–Crippen MR) is 87.6 cm³/mol. The predicted octanol–water partition coefficient (Wildman–Crippen LogP) is 3.98. The van der Waals surface area contributed by atoms with Crippen molar-refractivity contribution >= 4 is 5.97 Å². The van der Waals surface area contributed by atoms with Crippen molar-refractivity contribution in [1.82, 2.24) is 0 Å². The van der Waals surface area contributed by atoms with Crippen LogP contribution in [0.2, 0.25) is 0 Å². The van der Waals surface area contributed by atoms with Crippen molar-refractivity contribution in [3.05, 3.63) is 64.7 Å². The number of carboxylic acid groups (broad SMARTS) is 1. The van der Waals surface area contributed by atoms with Crippen molar-refractivity contribution in [3.8, 4) is 5.75 Å². The maximum absolute atomic E-state index is 11.8. The average molecular weight is 298 g/mol. The maximum atomic E-state index is 11.8. The van der Waals surface area contributed by atoms with Gasteiger partial charge >= 0.3 is 5.97 Å². The van der Waals surface area contributed by atoms with Crippen molar-refractivity contribution in [2.45, 2.75) is 32.6 Å². The first-order valence-corrected chi connectivity index (χ1v) is 7.50. The fourth-order valence-corrected chi connectivity index (χ4v) is 2.60. The van der Waals surface area contributed by atoms with Gasteiger partial charge in [-0.2, -0.15) is 0 Å². The van der Waals surface area contributed by atoms with Gasteiger partial charge in [-0.3, -0.25) is 4.79 Å². The molecule has 0 saturated heterocycles. The minimum Gasteiger partial charge on any atom is -0.496 e. The highest BCUT2D eigenvalue weighted by Gasteiger charge is 2.24. The smallest absolute Gasteiger partial charge is 0.311 e. The van der Waals surface area contributed by atoms with Gasteiger partial charge in [0.1, 0.15) is 5.75 Å². The van der Waals surface area contributed by atoms with Crippen molar-refractivity contribution in [2.24, 2.45) is 0 Å². The van der Waals surface area contributed by atoms with E-state index in [9.17, 15) is 9.90 Å². The summed E-state index contributed by atoms with van der Waals surface area (Å²) in [6, 6.07) is 13.8. The van der Waals surface area contributed by atoms with Crippen LogP contribution in [0.15, 0.2) is 42.5 Å². The molecule has 2 aromatic carbocycles. The normalized spacial score (nSPS) is 12.0. The first-order valence-electron chi connectivity index (χ1n) is 7.50. The molecule has 0 aliphatic rings. The molecule has 3 nitrogen and oxygen atoms in total. The van der Waals surface area contributed by atoms with E-state index in [1.165, 1.54) is 5.56 Å². The fraction of sp³-hybridized carbons (Fsp3) is 0.316. The highest BCUT2D eigenvalue weighted by Crippen LogP contribution is 2.30. The number of carbonyl (C=O) groups is 1. The Hall–Kier alpha value is -2.29. The summed E-state index contributed by atoms with van der Waals surface area (Å²) in [6.45, 7) is 4.06. The quantitative estimate of drug-likeness (QED) is 0.877. The Kier molecular flexibility index (Phi) is 5.21. The van der Waals surface area contributed by atoms with Crippen LogP contribution >= 0.6 is 0 Å². The second kappa shape index (κ2) is 7.12. The zero-order valence-electron chi connectivity index (χ0n) is 13.3. The topological polar surface area (TPSA) is 46.5 Å². The molecule has 3 heteroatoms. The summed E-state index contributed by atoms with van der Waals surface area (Å²) in [7, 11) is 1.57. The van der Waals surface area contributed by atoms with Gasteiger partial charge in [0.05, 0.1) is 13.0 Å². The molecule has 22 heavy (non-hydrogen) atoms. The second-order valence-electron chi connectivity index (χ2n) is 5.51. The lowest BCUT2D eigenvalue weighted by Gasteiger charge is -2.17. The average Bonchev–Trinajstić information content (AvgIpc) is 2.53. The summed E-state index contributed by atoms with van der Waals surface area (Å²) in [5.41, 5.74) is 4.04. The van der Waals surface area contributed by atoms with E-state index in [4.69, 9.17) is 4.74 Å². The molecule has 116 valence electrons. The van der Waals surface area contributed by atoms with Gasteiger partial charge in [0, 0.05) is 5.56 Å². The van der Waals surface area contributed by atoms with Gasteiger partial charge < -0.3 is 9.84 Å². The summed E-state index contributed by atoms with van der Waals surface area (Å²) in [4.78, 5) is 11.8. The van der Waals surface area contributed by atoms with Gasteiger partial charge in [-0.15, -0.1) is 0 Å². The first kappa shape index (κ1) is 16.1. The summed E-state index contributed by atoms with van der Waals surface area (Å²) in [5, 5.41) is 9.64. The third-order valence-corrected chi connectivity index (χ3v) is 3.93. The molecule has 0 radical (unpaired) electrons. The number of methoxy groups -OCH3 is 1. The molecule has 1 atom stereocenters. The molecule has 0 heterocycles. The Morgan fingerprint density at radius 2 is 1.77 bits per heavy atom. The fourth-order valence-electron chi connectivity index (χ4n) is 2.60. The Balaban J connectivity index is 2.34. The van der Waals surface area contributed by atoms with Crippen LogP contribution in [0.3, 0.4) is 0 Å². The molecule has 0 aliphatic carbocycles. The van der Waals surface area contributed by atoms with Crippen LogP contribution in [-0.4, -0.2) is 18.2 Å². The van der Waals surface area contributed by atoms with E-state index in [1.54, 1.807) is 7.11 Å². The van der Waals surface area contributed by atoms with E-state index in [2.05, 4.69) is 19.1 Å². The molecular formula is C19H22O3. The molecule has 0 fully saturated rings. The van der Waals surface area contributed by atoms with Crippen LogP contribution in [0.4, 0.5) is 0 Å². The molecule has 0 aromatic heterocycles. The number of rotatable bonds is 6. The minimum atomic E-state index is -0.830. The van der Waals surface area contributed by atoms with Gasteiger partial charge in [0.15, 0.2) is 0 Å². The van der Waals surface area contributed by atoms with Gasteiger partial charge in [-0.05, 0) is 37.0 Å². The third kappa shape index (κ3) is 3.67. The molecule has 1 unspecified atom stereocenters. The highest BCUT2D eigenvalue weighted by molar-refractivity contribution is 5.77. The zero-order valence-corrected chi connectivity index (χ0v) is 13.3. The number of aryl methyl sites for hydroxylation is 2. The summed E-state index contributed by atoms with van der Waals surface area (Å²) >= 11 is 0. The van der Waals surface area contributed by atoms with Crippen LogP contribution in [0.5, 0.6) is 5.75 Å². The Labute approximate surface area is 131 Å². The number of carboxylic acids is 1. The van der Waals surface area contributed by atoms with Crippen LogP contribution in [0.25, 0.3) is 0 Å². The SMILES string of the molecule is CCc1ccc(CC(C(=O)O)c2cc(C)ccc2OC)cc1. The lowest BCUT2D eigenvalue weighted by Crippen LogP contribution is -2.15. The van der Waals surface area contributed by atoms with E-state index in [0.29, 0.717) is 12.2 Å². The highest BCUT2D eigenvalue weighted by atomic mass is 16.5. The minimum absolute atomic E-state index is 0.457. The number of ether oxygens (including phenoxy) is 1. The lowest BCUT2D eigenvalue weighted by atomic mass is 9.90. The van der Waals surface area contributed by atoms with E-state index in [1.807, 2.05) is 37.3 Å². The standard InChI is InChI=1S/C19H22O3/c1-4-14-6-8-15(9-7-14)12-17(19(20)21)16-11-13(2)5-10-18(16)22-3/h5-11,17H,4,12H2,1-3H3,(H,20,21). The molecule has 0 amide bonds. The lowest BCUT2D eigenvalue weighted by molar-refractivity contribution is -0.138. The number of hydrogen-bond acceptors (Lipinski definition) is 2. The number of benzene rings is 2. The Morgan fingerprint density at radius 3 is 2.32 bits per heavy atom. The van der Waals surface area contributed by atoms with E-state index in [0.717, 1.165) is 23.1 Å². The molecule has 2 rings (SSSR count). The first-order chi connectivity index (χ1) is 10.5. The van der Waals surface area contributed by atoms with E-state index < -0.39 is 11.9 Å². The number of aliphatic carboxylic acids is 1. The van der Waals surface area contributed by atoms with Gasteiger partial charge in [-0.25, -0.2) is 0 Å². The largest absolute Gasteiger partial charge is 0.496 e. The van der Waals surface area contributed by atoms with Crippen LogP contribution < -0.4 is 4.74 Å². The summed E-state index contributed by atoms with van der Waals surface area (Å²) in [5.74, 6) is -0.811. The van der Waals surface area contributed by atoms with E-state index >= 15 is 0 Å². The van der Waals surface area contributed by atoms with Crippen LogP contribution in [-0.2, 0) is 17.6 Å². The van der Waals surface area contributed by atoms with Crippen molar-refractivity contribution in [2.75, 3.05) is 7.11 Å². The zero-order chi connectivity index (χ0) is 16.1. The monoisotopic (exact) mass is 298 g/mol. The summed E-state index contributed by atoms with van der Waals surface area (Å²) in [6.07, 6.45) is 1.44. The molecule has 2 aromatic rings. The molecule has 0 saturated carbocycles. The molecule has 0 spiro atoms. The van der Waals surface area contributed by atoms with E-state index in [-0.39, 0.29) is 0 Å². The van der Waals surface area contributed by atoms with Crippen LogP contribution in [0, 0.1) is 6.92 Å². The van der Waals surface area contributed by atoms with Gasteiger partial charge in [-0.1, -0.05) is 48.9 Å². The third-order valence-electron chi connectivity index (χ3n) is 3.93. The second-order valence-corrected chi connectivity index (χ2v) is 5.51. The van der Waals surface area contributed by atoms with Crippen molar-refractivity contribution in [1.29, 1.82) is 0 Å². The molecule has 0 aliphatic heterocycles. The molecule has 1 N–H and O–H groups in total. The molecular weight excluding hydrogens is 276 g/mol. The van der Waals surface area contributed by atoms with Crippen LogP contribution in [0.1, 0.15) is 35.1 Å². The Morgan fingerprint density at radius 1 is 1.14 bits per heavy atom. The van der Waals surface area contributed by atoms with Crippen molar-refractivity contribution in [3.63, 3.8) is 0 Å². The van der Waals surface area contributed by atoms with Crippen molar-refractivity contribution < 1.29 is 14.6 Å². The Bertz CT molecular complexity index is 644. The van der Waals surface area contributed by atoms with Gasteiger partial charge in [0.2, 0.25) is 0 Å². The maximum Gasteiger partial charge on any atom is 0.311 e. The molecule has 0 bridgehead atoms.